The monoisotopic (exact) mass is 221 g/mol. The fraction of sp³-hybridized carbons (Fsp3) is 0.273. The van der Waals surface area contributed by atoms with Crippen molar-refractivity contribution in [2.75, 3.05) is 0 Å². The van der Waals surface area contributed by atoms with Crippen LogP contribution in [0.4, 0.5) is 0 Å². The number of nitrogens with zero attached hydrogens (tertiary/aromatic N) is 1. The smallest absolute Gasteiger partial charge is 0.335 e. The summed E-state index contributed by atoms with van der Waals surface area (Å²) in [6.45, 7) is 1.67. The number of hydrogen-bond donors (Lipinski definition) is 3. The second-order valence-corrected chi connectivity index (χ2v) is 3.41. The van der Waals surface area contributed by atoms with Gasteiger partial charge in [-0.15, -0.1) is 0 Å². The van der Waals surface area contributed by atoms with Gasteiger partial charge in [-0.3, -0.25) is 0 Å². The van der Waals surface area contributed by atoms with E-state index in [1.165, 1.54) is 18.2 Å². The molecule has 0 aliphatic heterocycles. The van der Waals surface area contributed by atoms with Gasteiger partial charge < -0.3 is 15.3 Å². The number of aliphatic hydroxyl groups excluding tert-OH is 2. The van der Waals surface area contributed by atoms with Crippen molar-refractivity contribution in [1.29, 1.82) is 5.26 Å². The molecule has 0 radical (unpaired) electrons. The second-order valence-electron chi connectivity index (χ2n) is 3.41. The highest BCUT2D eigenvalue weighted by molar-refractivity contribution is 5.73. The number of carboxylic acid groups (broad SMARTS) is 1. The molecule has 84 valence electrons. The van der Waals surface area contributed by atoms with Gasteiger partial charge >= 0.3 is 5.97 Å². The molecule has 0 amide bonds. The summed E-state index contributed by atoms with van der Waals surface area (Å²) in [6.07, 6.45) is -3.36. The topological polar surface area (TPSA) is 102 Å². The minimum absolute atomic E-state index is 0.270. The maximum atomic E-state index is 10.5. The predicted molar refractivity (Wildman–Crippen MR) is 54.5 cm³/mol. The van der Waals surface area contributed by atoms with Gasteiger partial charge in [0.2, 0.25) is 0 Å². The number of aryl methyl sites for hydroxylation is 1. The van der Waals surface area contributed by atoms with Crippen molar-refractivity contribution >= 4 is 5.97 Å². The molecule has 5 nitrogen and oxygen atoms in total. The molecule has 0 fully saturated rings. The Balaban J connectivity index is 3.02. The number of carboxylic acids is 1. The predicted octanol–water partition coefficient (Wildman–Crippen LogP) is 0.346. The SMILES string of the molecule is Cc1cc(C(O)C(O)C(=O)O)ccc1C#N. The van der Waals surface area contributed by atoms with Gasteiger partial charge in [-0.1, -0.05) is 12.1 Å². The highest BCUT2D eigenvalue weighted by atomic mass is 16.4. The Morgan fingerprint density at radius 2 is 2.06 bits per heavy atom. The Morgan fingerprint density at radius 3 is 2.50 bits per heavy atom. The molecule has 2 atom stereocenters. The van der Waals surface area contributed by atoms with Gasteiger partial charge in [0.15, 0.2) is 6.10 Å². The van der Waals surface area contributed by atoms with Crippen LogP contribution in [0, 0.1) is 18.3 Å². The van der Waals surface area contributed by atoms with E-state index in [1.54, 1.807) is 6.92 Å². The van der Waals surface area contributed by atoms with Crippen LogP contribution in [0.1, 0.15) is 22.8 Å². The van der Waals surface area contributed by atoms with E-state index in [2.05, 4.69) is 0 Å². The first-order valence-corrected chi connectivity index (χ1v) is 4.57. The Kier molecular flexibility index (Phi) is 3.61. The lowest BCUT2D eigenvalue weighted by Crippen LogP contribution is -2.27. The van der Waals surface area contributed by atoms with E-state index in [1.807, 2.05) is 6.07 Å². The van der Waals surface area contributed by atoms with Crippen LogP contribution in [-0.2, 0) is 4.79 Å². The first kappa shape index (κ1) is 12.2. The third-order valence-electron chi connectivity index (χ3n) is 2.26. The van der Waals surface area contributed by atoms with Gasteiger partial charge in [-0.2, -0.15) is 5.26 Å². The molecule has 0 aromatic heterocycles. The summed E-state index contributed by atoms with van der Waals surface area (Å²) in [5, 5.41) is 35.9. The number of nitriles is 1. The highest BCUT2D eigenvalue weighted by Gasteiger charge is 2.25. The molecule has 1 rings (SSSR count). The van der Waals surface area contributed by atoms with Crippen LogP contribution < -0.4 is 0 Å². The normalized spacial score (nSPS) is 13.9. The second kappa shape index (κ2) is 4.75. The van der Waals surface area contributed by atoms with Crippen LogP contribution >= 0.6 is 0 Å². The van der Waals surface area contributed by atoms with Crippen LogP contribution in [0.3, 0.4) is 0 Å². The maximum absolute atomic E-state index is 10.5. The van der Waals surface area contributed by atoms with E-state index >= 15 is 0 Å². The van der Waals surface area contributed by atoms with Crippen molar-refractivity contribution in [2.24, 2.45) is 0 Å². The molecule has 0 aliphatic carbocycles. The average molecular weight is 221 g/mol. The van der Waals surface area contributed by atoms with Crippen molar-refractivity contribution in [3.05, 3.63) is 34.9 Å². The standard InChI is InChI=1S/C11H11NO4/c1-6-4-7(2-3-8(6)5-12)9(13)10(14)11(15)16/h2-4,9-10,13-14H,1H3,(H,15,16). The van der Waals surface area contributed by atoms with Gasteiger partial charge in [0.1, 0.15) is 6.10 Å². The molecule has 3 N–H and O–H groups in total. The molecular formula is C11H11NO4. The molecule has 0 saturated heterocycles. The summed E-state index contributed by atoms with van der Waals surface area (Å²) in [4.78, 5) is 10.5. The lowest BCUT2D eigenvalue weighted by Gasteiger charge is -2.15. The zero-order chi connectivity index (χ0) is 12.3. The summed E-state index contributed by atoms with van der Waals surface area (Å²) in [5.74, 6) is -1.49. The number of rotatable bonds is 3. The molecule has 0 aliphatic rings. The van der Waals surface area contributed by atoms with Crippen molar-refractivity contribution in [3.8, 4) is 6.07 Å². The molecule has 0 bridgehead atoms. The van der Waals surface area contributed by atoms with E-state index in [0.717, 1.165) is 0 Å². The van der Waals surface area contributed by atoms with Gasteiger partial charge in [0, 0.05) is 0 Å². The minimum atomic E-state index is -1.87. The summed E-state index contributed by atoms with van der Waals surface area (Å²) >= 11 is 0. The zero-order valence-corrected chi connectivity index (χ0v) is 8.58. The van der Waals surface area contributed by atoms with Crippen molar-refractivity contribution < 1.29 is 20.1 Å². The number of aliphatic carboxylic acids is 1. The van der Waals surface area contributed by atoms with E-state index in [-0.39, 0.29) is 5.56 Å². The van der Waals surface area contributed by atoms with E-state index in [0.29, 0.717) is 11.1 Å². The lowest BCUT2D eigenvalue weighted by molar-refractivity contribution is -0.153. The minimum Gasteiger partial charge on any atom is -0.479 e. The summed E-state index contributed by atoms with van der Waals surface area (Å²) in [5.41, 5.74) is 1.34. The molecule has 0 spiro atoms. The fourth-order valence-electron chi connectivity index (χ4n) is 1.31. The van der Waals surface area contributed by atoms with Crippen LogP contribution in [-0.4, -0.2) is 27.4 Å². The number of hydrogen-bond acceptors (Lipinski definition) is 4. The largest absolute Gasteiger partial charge is 0.479 e. The number of aliphatic hydroxyl groups is 2. The number of benzene rings is 1. The van der Waals surface area contributed by atoms with E-state index in [4.69, 9.17) is 15.5 Å². The summed E-state index contributed by atoms with van der Waals surface area (Å²) in [6, 6.07) is 6.33. The van der Waals surface area contributed by atoms with Gasteiger partial charge in [0.25, 0.3) is 0 Å². The van der Waals surface area contributed by atoms with Crippen molar-refractivity contribution in [1.82, 2.24) is 0 Å². The van der Waals surface area contributed by atoms with Gasteiger partial charge in [-0.05, 0) is 24.1 Å². The van der Waals surface area contributed by atoms with Gasteiger partial charge in [-0.25, -0.2) is 4.79 Å². The maximum Gasteiger partial charge on any atom is 0.335 e. The zero-order valence-electron chi connectivity index (χ0n) is 8.58. The van der Waals surface area contributed by atoms with Crippen LogP contribution in [0.15, 0.2) is 18.2 Å². The molecule has 0 saturated carbocycles. The first-order chi connectivity index (χ1) is 7.47. The van der Waals surface area contributed by atoms with Crippen LogP contribution in [0.25, 0.3) is 0 Å². The van der Waals surface area contributed by atoms with Crippen molar-refractivity contribution in [2.45, 2.75) is 19.1 Å². The van der Waals surface area contributed by atoms with Crippen molar-refractivity contribution in [3.63, 3.8) is 0 Å². The molecule has 5 heteroatoms. The quantitative estimate of drug-likeness (QED) is 0.683. The van der Waals surface area contributed by atoms with Crippen LogP contribution in [0.2, 0.25) is 0 Å². The van der Waals surface area contributed by atoms with Crippen LogP contribution in [0.5, 0.6) is 0 Å². The Morgan fingerprint density at radius 1 is 1.44 bits per heavy atom. The highest BCUT2D eigenvalue weighted by Crippen LogP contribution is 2.20. The third kappa shape index (κ3) is 2.37. The lowest BCUT2D eigenvalue weighted by atomic mass is 9.99. The Hall–Kier alpha value is -1.90. The Bertz CT molecular complexity index is 450. The molecule has 1 aromatic carbocycles. The average Bonchev–Trinajstić information content (AvgIpc) is 2.26. The third-order valence-corrected chi connectivity index (χ3v) is 2.26. The molecule has 1 aromatic rings. The summed E-state index contributed by atoms with van der Waals surface area (Å²) < 4.78 is 0. The first-order valence-electron chi connectivity index (χ1n) is 4.57. The van der Waals surface area contributed by atoms with Gasteiger partial charge in [0.05, 0.1) is 11.6 Å². The Labute approximate surface area is 92.2 Å². The van der Waals surface area contributed by atoms with E-state index < -0.39 is 18.2 Å². The van der Waals surface area contributed by atoms with E-state index in [9.17, 15) is 9.90 Å². The molecule has 2 unspecified atom stereocenters. The number of carbonyl (C=O) groups is 1. The fourth-order valence-corrected chi connectivity index (χ4v) is 1.31. The molecule has 16 heavy (non-hydrogen) atoms. The molecule has 0 heterocycles. The molecular weight excluding hydrogens is 210 g/mol. The summed E-state index contributed by atoms with van der Waals surface area (Å²) in [7, 11) is 0.